The molecule has 174 valence electrons. The van der Waals surface area contributed by atoms with E-state index in [0.717, 1.165) is 18.4 Å². The van der Waals surface area contributed by atoms with Gasteiger partial charge in [-0.3, -0.25) is 10.3 Å². The number of ether oxygens (including phenoxy) is 1. The minimum atomic E-state index is -3.69. The Labute approximate surface area is 199 Å². The second kappa shape index (κ2) is 7.76. The van der Waals surface area contributed by atoms with Gasteiger partial charge in [-0.15, -0.1) is 0 Å². The van der Waals surface area contributed by atoms with E-state index in [1.165, 1.54) is 4.90 Å². The molecule has 4 aliphatic rings. The molecule has 0 radical (unpaired) electrons. The predicted molar refractivity (Wildman–Crippen MR) is 124 cm³/mol. The van der Waals surface area contributed by atoms with Crippen molar-refractivity contribution in [1.29, 1.82) is 10.7 Å². The van der Waals surface area contributed by atoms with E-state index >= 15 is 0 Å². The Balaban J connectivity index is 1.61. The monoisotopic (exact) mass is 498 g/mol. The molecule has 1 aromatic carbocycles. The van der Waals surface area contributed by atoms with Crippen molar-refractivity contribution in [2.45, 2.75) is 69.3 Å². The number of benzene rings is 1. The van der Waals surface area contributed by atoms with Crippen LogP contribution in [0.3, 0.4) is 0 Å². The molecule has 0 heterocycles. The number of halogens is 2. The van der Waals surface area contributed by atoms with Crippen molar-refractivity contribution in [3.05, 3.63) is 27.7 Å². The van der Waals surface area contributed by atoms with Crippen molar-refractivity contribution in [2.24, 2.45) is 22.9 Å². The van der Waals surface area contributed by atoms with Crippen molar-refractivity contribution in [3.8, 4) is 11.9 Å². The van der Waals surface area contributed by atoms with Crippen LogP contribution in [-0.2, 0) is 10.0 Å². The fourth-order valence-corrected chi connectivity index (χ4v) is 8.37. The first-order valence-corrected chi connectivity index (χ1v) is 13.0. The van der Waals surface area contributed by atoms with E-state index in [1.54, 1.807) is 26.0 Å². The van der Waals surface area contributed by atoms with E-state index in [0.29, 0.717) is 35.2 Å². The van der Waals surface area contributed by atoms with Crippen LogP contribution < -0.4 is 9.88 Å². The Morgan fingerprint density at radius 3 is 2.25 bits per heavy atom. The van der Waals surface area contributed by atoms with Crippen LogP contribution in [0.1, 0.15) is 51.5 Å². The van der Waals surface area contributed by atoms with Crippen molar-refractivity contribution in [1.82, 2.24) is 4.90 Å². The van der Waals surface area contributed by atoms with Gasteiger partial charge in [0.15, 0.2) is 23.4 Å². The summed E-state index contributed by atoms with van der Waals surface area (Å²) in [6.07, 6.45) is 5.37. The number of nitrogens with one attached hydrogen (secondary N) is 1. The maximum atomic E-state index is 12.4. The molecule has 4 fully saturated rings. The maximum absolute atomic E-state index is 12.4. The summed E-state index contributed by atoms with van der Waals surface area (Å²) in [7, 11) is -3.69. The Kier molecular flexibility index (Phi) is 5.73. The number of primary sulfonamides is 1. The molecule has 0 aliphatic heterocycles. The van der Waals surface area contributed by atoms with Crippen molar-refractivity contribution < 1.29 is 13.2 Å². The summed E-state index contributed by atoms with van der Waals surface area (Å²) in [5.41, 5.74) is -0.304. The lowest BCUT2D eigenvalue weighted by molar-refractivity contribution is -0.0244. The molecule has 3 N–H and O–H groups in total. The normalized spacial score (nSPS) is 31.3. The summed E-state index contributed by atoms with van der Waals surface area (Å²) in [6, 6.07) is 3.22. The summed E-state index contributed by atoms with van der Waals surface area (Å²) >= 11 is 12.7. The van der Waals surface area contributed by atoms with E-state index < -0.39 is 20.4 Å². The highest BCUT2D eigenvalue weighted by Crippen LogP contribution is 2.59. The Morgan fingerprint density at radius 1 is 1.25 bits per heavy atom. The maximum Gasteiger partial charge on any atom is 0.214 e. The lowest BCUT2D eigenvalue weighted by atomic mass is 9.53. The quantitative estimate of drug-likeness (QED) is 0.268. The molecule has 0 saturated heterocycles. The summed E-state index contributed by atoms with van der Waals surface area (Å²) < 4.78 is 30.0. The van der Waals surface area contributed by atoms with Crippen LogP contribution in [0, 0.1) is 41.5 Å². The fourth-order valence-electron chi connectivity index (χ4n) is 6.34. The molecule has 0 spiro atoms. The van der Waals surface area contributed by atoms with Gasteiger partial charge in [-0.1, -0.05) is 23.2 Å². The molecule has 4 saturated carbocycles. The number of aryl methyl sites for hydroxylation is 1. The van der Waals surface area contributed by atoms with Crippen LogP contribution in [0.5, 0.6) is 5.75 Å². The number of hydrogen-bond donors (Lipinski definition) is 2. The van der Waals surface area contributed by atoms with Crippen LogP contribution in [0.15, 0.2) is 12.1 Å². The summed E-state index contributed by atoms with van der Waals surface area (Å²) in [5.74, 6) is 0.537. The zero-order valence-electron chi connectivity index (χ0n) is 18.4. The minimum absolute atomic E-state index is 0.00478. The van der Waals surface area contributed by atoms with Crippen molar-refractivity contribution in [3.63, 3.8) is 0 Å². The molecular formula is C22H28Cl2N4O3S. The van der Waals surface area contributed by atoms with Gasteiger partial charge in [0.25, 0.3) is 0 Å². The van der Waals surface area contributed by atoms with Gasteiger partial charge >= 0.3 is 0 Å². The van der Waals surface area contributed by atoms with E-state index in [-0.39, 0.29) is 29.5 Å². The van der Waals surface area contributed by atoms with E-state index in [4.69, 9.17) is 38.5 Å². The van der Waals surface area contributed by atoms with Crippen molar-refractivity contribution in [2.75, 3.05) is 0 Å². The number of hydrogen-bond acceptors (Lipinski definition) is 5. The van der Waals surface area contributed by atoms with E-state index in [9.17, 15) is 13.7 Å². The van der Waals surface area contributed by atoms with Crippen LogP contribution in [0.2, 0.25) is 10.0 Å². The molecule has 32 heavy (non-hydrogen) atoms. The van der Waals surface area contributed by atoms with Gasteiger partial charge in [0.05, 0.1) is 20.8 Å². The Bertz CT molecular complexity index is 1080. The van der Waals surface area contributed by atoms with Gasteiger partial charge in [0.2, 0.25) is 10.0 Å². The third-order valence-electron chi connectivity index (χ3n) is 7.49. The van der Waals surface area contributed by atoms with Gasteiger partial charge in [-0.25, -0.2) is 13.6 Å². The molecule has 2 atom stereocenters. The second-order valence-corrected chi connectivity index (χ2v) is 12.9. The first-order chi connectivity index (χ1) is 14.8. The lowest BCUT2D eigenvalue weighted by Gasteiger charge is -2.60. The van der Waals surface area contributed by atoms with Crippen LogP contribution in [-0.4, -0.2) is 35.5 Å². The fraction of sp³-hybridized carbons (Fsp3) is 0.636. The van der Waals surface area contributed by atoms with Crippen LogP contribution >= 0.6 is 23.2 Å². The van der Waals surface area contributed by atoms with Crippen LogP contribution in [0.4, 0.5) is 0 Å². The summed E-state index contributed by atoms with van der Waals surface area (Å²) in [4.78, 5) is 1.42. The lowest BCUT2D eigenvalue weighted by Crippen LogP contribution is -2.66. The van der Waals surface area contributed by atoms with E-state index in [2.05, 4.69) is 6.19 Å². The second-order valence-electron chi connectivity index (χ2n) is 10.2. The highest BCUT2D eigenvalue weighted by atomic mass is 35.5. The number of rotatable bonds is 5. The average molecular weight is 499 g/mol. The third kappa shape index (κ3) is 3.77. The first-order valence-electron chi connectivity index (χ1n) is 10.7. The number of nitriles is 1. The van der Waals surface area contributed by atoms with Gasteiger partial charge in [0.1, 0.15) is 0 Å². The zero-order chi connectivity index (χ0) is 23.6. The molecule has 0 amide bonds. The molecular weight excluding hydrogens is 471 g/mol. The standard InChI is InChI=1S/C22H28Cl2N4O3S/c1-12-4-16(23)19(17(24)5-12)31-21(2,3)20(26)28(11-25)18-14-6-13-7-15(18)10-22(8-13,9-14)32(27,29)30/h4-5,13-15,18,26H,6-10H2,1-3H3,(H2,27,29,30). The molecule has 5 rings (SSSR count). The van der Waals surface area contributed by atoms with Gasteiger partial charge in [0, 0.05) is 0 Å². The van der Waals surface area contributed by atoms with Gasteiger partial charge in [-0.05, 0) is 88.3 Å². The first kappa shape index (κ1) is 23.6. The molecule has 10 heteroatoms. The van der Waals surface area contributed by atoms with Crippen molar-refractivity contribution >= 4 is 39.1 Å². The molecule has 2 unspecified atom stereocenters. The summed E-state index contributed by atoms with van der Waals surface area (Å²) in [6.45, 7) is 5.27. The number of sulfonamides is 1. The smallest absolute Gasteiger partial charge is 0.214 e. The minimum Gasteiger partial charge on any atom is -0.477 e. The molecule has 7 nitrogen and oxygen atoms in total. The molecule has 4 aliphatic carbocycles. The number of nitrogens with zero attached hydrogens (tertiary/aromatic N) is 2. The zero-order valence-corrected chi connectivity index (χ0v) is 20.7. The van der Waals surface area contributed by atoms with Gasteiger partial charge in [-0.2, -0.15) is 5.26 Å². The third-order valence-corrected chi connectivity index (χ3v) is 9.76. The number of nitrogens with two attached hydrogens (primary N) is 1. The predicted octanol–water partition coefficient (Wildman–Crippen LogP) is 4.46. The Morgan fingerprint density at radius 2 is 1.78 bits per heavy atom. The largest absolute Gasteiger partial charge is 0.477 e. The van der Waals surface area contributed by atoms with Gasteiger partial charge < -0.3 is 4.74 Å². The topological polar surface area (TPSA) is 120 Å². The SMILES string of the molecule is Cc1cc(Cl)c(OC(C)(C)C(=N)N(C#N)C2C3CC4CC2CC(S(N)(=O)=O)(C4)C3)c(Cl)c1. The summed E-state index contributed by atoms with van der Waals surface area (Å²) in [5, 5.41) is 25.3. The highest BCUT2D eigenvalue weighted by molar-refractivity contribution is 7.90. The molecule has 1 aromatic rings. The number of amidine groups is 1. The average Bonchev–Trinajstić information content (AvgIpc) is 2.65. The molecule has 4 bridgehead atoms. The Hall–Kier alpha value is -1.53. The van der Waals surface area contributed by atoms with Crippen LogP contribution in [0.25, 0.3) is 0 Å². The highest BCUT2D eigenvalue weighted by Gasteiger charge is 2.62. The molecule has 0 aromatic heterocycles. The van der Waals surface area contributed by atoms with E-state index in [1.807, 2.05) is 6.92 Å².